The summed E-state index contributed by atoms with van der Waals surface area (Å²) in [6, 6.07) is 8.26. The molecule has 3 saturated heterocycles. The topological polar surface area (TPSA) is 34.0 Å². The Hall–Kier alpha value is -1.39. The minimum absolute atomic E-state index is 0.492. The van der Waals surface area contributed by atoms with Crippen molar-refractivity contribution >= 4 is 11.6 Å². The van der Waals surface area contributed by atoms with E-state index in [1.165, 1.54) is 25.9 Å². The summed E-state index contributed by atoms with van der Waals surface area (Å²) in [6.07, 6.45) is 4.66. The first-order valence-electron chi connectivity index (χ1n) is 7.20. The molecule has 3 aliphatic heterocycles. The van der Waals surface area contributed by atoms with Crippen LogP contribution < -0.4 is 0 Å². The van der Waals surface area contributed by atoms with Crippen LogP contribution in [0.25, 0.3) is 11.3 Å². The molecule has 3 aliphatic rings. The van der Waals surface area contributed by atoms with Crippen LogP contribution in [-0.4, -0.2) is 39.5 Å². The van der Waals surface area contributed by atoms with E-state index in [9.17, 15) is 0 Å². The number of benzene rings is 1. The molecule has 1 atom stereocenters. The Bertz CT molecular complexity index is 599. The van der Waals surface area contributed by atoms with Gasteiger partial charge in [-0.3, -0.25) is 0 Å². The largest absolute Gasteiger partial charge is 0.301 e. The normalized spacial score (nSPS) is 28.8. The summed E-state index contributed by atoms with van der Waals surface area (Å²) in [5, 5.41) is 9.44. The SMILES string of the molecule is Clc1ccc(-c2cn([C@H]3CN4CCC3CC4)nn2)cc1. The second kappa shape index (κ2) is 4.86. The van der Waals surface area contributed by atoms with E-state index in [1.54, 1.807) is 0 Å². The molecule has 0 radical (unpaired) electrons. The average molecular weight is 289 g/mol. The van der Waals surface area contributed by atoms with Gasteiger partial charge in [0.1, 0.15) is 5.69 Å². The van der Waals surface area contributed by atoms with Crippen LogP contribution >= 0.6 is 11.6 Å². The van der Waals surface area contributed by atoms with E-state index in [2.05, 4.69) is 26.1 Å². The highest BCUT2D eigenvalue weighted by atomic mass is 35.5. The van der Waals surface area contributed by atoms with E-state index in [1.807, 2.05) is 24.3 Å². The van der Waals surface area contributed by atoms with Crippen LogP contribution in [-0.2, 0) is 0 Å². The fourth-order valence-electron chi connectivity index (χ4n) is 3.43. The van der Waals surface area contributed by atoms with Gasteiger partial charge >= 0.3 is 0 Å². The molecule has 1 aromatic heterocycles. The summed E-state index contributed by atoms with van der Waals surface area (Å²) in [5.41, 5.74) is 2.00. The van der Waals surface area contributed by atoms with Gasteiger partial charge in [0, 0.05) is 17.1 Å². The van der Waals surface area contributed by atoms with Crippen LogP contribution in [0.15, 0.2) is 30.5 Å². The molecule has 4 nitrogen and oxygen atoms in total. The molecule has 0 N–H and O–H groups in total. The zero-order chi connectivity index (χ0) is 13.5. The van der Waals surface area contributed by atoms with Gasteiger partial charge in [-0.1, -0.05) is 28.9 Å². The van der Waals surface area contributed by atoms with Crippen molar-refractivity contribution in [3.05, 3.63) is 35.5 Å². The molecular weight excluding hydrogens is 272 g/mol. The van der Waals surface area contributed by atoms with Crippen molar-refractivity contribution in [3.8, 4) is 11.3 Å². The summed E-state index contributed by atoms with van der Waals surface area (Å²) >= 11 is 5.92. The van der Waals surface area contributed by atoms with Crippen molar-refractivity contribution < 1.29 is 0 Å². The number of halogens is 1. The molecule has 5 heteroatoms. The van der Waals surface area contributed by atoms with Gasteiger partial charge < -0.3 is 4.90 Å². The first-order chi connectivity index (χ1) is 9.79. The number of rotatable bonds is 2. The third-order valence-electron chi connectivity index (χ3n) is 4.61. The van der Waals surface area contributed by atoms with Gasteiger partial charge in [-0.05, 0) is 44.0 Å². The molecule has 4 heterocycles. The third-order valence-corrected chi connectivity index (χ3v) is 4.86. The van der Waals surface area contributed by atoms with Crippen LogP contribution in [0.3, 0.4) is 0 Å². The van der Waals surface area contributed by atoms with E-state index in [0.29, 0.717) is 6.04 Å². The van der Waals surface area contributed by atoms with Gasteiger partial charge in [0.25, 0.3) is 0 Å². The van der Waals surface area contributed by atoms with Crippen molar-refractivity contribution in [2.24, 2.45) is 5.92 Å². The Morgan fingerprint density at radius 3 is 2.50 bits per heavy atom. The Kier molecular flexibility index (Phi) is 3.00. The second-order valence-electron chi connectivity index (χ2n) is 5.80. The molecule has 0 spiro atoms. The van der Waals surface area contributed by atoms with E-state index >= 15 is 0 Å². The standard InChI is InChI=1S/C15H17ClN4/c16-13-3-1-11(2-4-13)14-9-20(18-17-14)15-10-19-7-5-12(15)6-8-19/h1-4,9,12,15H,5-8,10H2/t15-/m0/s1. The van der Waals surface area contributed by atoms with Crippen molar-refractivity contribution in [1.82, 2.24) is 19.9 Å². The number of piperidine rings is 3. The molecular formula is C15H17ClN4. The van der Waals surface area contributed by atoms with Gasteiger partial charge in [-0.25, -0.2) is 4.68 Å². The molecule has 5 rings (SSSR count). The predicted octanol–water partition coefficient (Wildman–Crippen LogP) is 2.87. The molecule has 2 bridgehead atoms. The number of hydrogen-bond donors (Lipinski definition) is 0. The quantitative estimate of drug-likeness (QED) is 0.852. The molecule has 1 aromatic carbocycles. The van der Waals surface area contributed by atoms with E-state index in [0.717, 1.165) is 28.7 Å². The van der Waals surface area contributed by atoms with Gasteiger partial charge in [0.2, 0.25) is 0 Å². The molecule has 0 saturated carbocycles. The average Bonchev–Trinajstić information content (AvgIpc) is 2.99. The van der Waals surface area contributed by atoms with Gasteiger partial charge in [0.15, 0.2) is 0 Å². The zero-order valence-electron chi connectivity index (χ0n) is 11.2. The van der Waals surface area contributed by atoms with Crippen LogP contribution in [0.5, 0.6) is 0 Å². The Morgan fingerprint density at radius 1 is 1.10 bits per heavy atom. The smallest absolute Gasteiger partial charge is 0.113 e. The van der Waals surface area contributed by atoms with Crippen molar-refractivity contribution in [2.75, 3.05) is 19.6 Å². The molecule has 0 unspecified atom stereocenters. The maximum atomic E-state index is 5.92. The van der Waals surface area contributed by atoms with E-state index in [-0.39, 0.29) is 0 Å². The summed E-state index contributed by atoms with van der Waals surface area (Å²) < 4.78 is 2.07. The van der Waals surface area contributed by atoms with E-state index < -0.39 is 0 Å². The summed E-state index contributed by atoms with van der Waals surface area (Å²) in [5.74, 6) is 0.764. The van der Waals surface area contributed by atoms with Gasteiger partial charge in [0.05, 0.1) is 12.2 Å². The maximum absolute atomic E-state index is 5.92. The number of hydrogen-bond acceptors (Lipinski definition) is 3. The monoisotopic (exact) mass is 288 g/mol. The highest BCUT2D eigenvalue weighted by Crippen LogP contribution is 2.35. The molecule has 0 amide bonds. The van der Waals surface area contributed by atoms with Crippen LogP contribution in [0.1, 0.15) is 18.9 Å². The summed E-state index contributed by atoms with van der Waals surface area (Å²) in [6.45, 7) is 3.62. The third kappa shape index (κ3) is 2.13. The Labute approximate surface area is 123 Å². The van der Waals surface area contributed by atoms with Crippen molar-refractivity contribution in [2.45, 2.75) is 18.9 Å². The Morgan fingerprint density at radius 2 is 1.85 bits per heavy atom. The number of aromatic nitrogens is 3. The predicted molar refractivity (Wildman–Crippen MR) is 78.7 cm³/mol. The first kappa shape index (κ1) is 12.4. The lowest BCUT2D eigenvalue weighted by atomic mass is 9.84. The zero-order valence-corrected chi connectivity index (χ0v) is 12.0. The first-order valence-corrected chi connectivity index (χ1v) is 7.57. The van der Waals surface area contributed by atoms with Gasteiger partial charge in [-0.15, -0.1) is 5.10 Å². The number of nitrogens with zero attached hydrogens (tertiary/aromatic N) is 4. The Balaban J connectivity index is 1.60. The minimum atomic E-state index is 0.492. The summed E-state index contributed by atoms with van der Waals surface area (Å²) in [4.78, 5) is 2.54. The fraction of sp³-hybridized carbons (Fsp3) is 0.467. The maximum Gasteiger partial charge on any atom is 0.113 e. The van der Waals surface area contributed by atoms with Crippen LogP contribution in [0, 0.1) is 5.92 Å². The fourth-order valence-corrected chi connectivity index (χ4v) is 3.55. The highest BCUT2D eigenvalue weighted by molar-refractivity contribution is 6.30. The second-order valence-corrected chi connectivity index (χ2v) is 6.23. The van der Waals surface area contributed by atoms with Crippen molar-refractivity contribution in [3.63, 3.8) is 0 Å². The molecule has 2 aromatic rings. The molecule has 3 fully saturated rings. The lowest BCUT2D eigenvalue weighted by Gasteiger charge is -2.44. The lowest BCUT2D eigenvalue weighted by Crippen LogP contribution is -2.48. The summed E-state index contributed by atoms with van der Waals surface area (Å²) in [7, 11) is 0. The molecule has 20 heavy (non-hydrogen) atoms. The highest BCUT2D eigenvalue weighted by Gasteiger charge is 2.35. The van der Waals surface area contributed by atoms with Crippen molar-refractivity contribution in [1.29, 1.82) is 0 Å². The van der Waals surface area contributed by atoms with Crippen LogP contribution in [0.2, 0.25) is 5.02 Å². The minimum Gasteiger partial charge on any atom is -0.301 e. The molecule has 104 valence electrons. The van der Waals surface area contributed by atoms with Gasteiger partial charge in [-0.2, -0.15) is 0 Å². The number of fused-ring (bicyclic) bond motifs is 3. The van der Waals surface area contributed by atoms with Crippen LogP contribution in [0.4, 0.5) is 0 Å². The molecule has 0 aliphatic carbocycles. The lowest BCUT2D eigenvalue weighted by molar-refractivity contribution is 0.0504. The van der Waals surface area contributed by atoms with E-state index in [4.69, 9.17) is 11.6 Å².